The second-order valence-electron chi connectivity index (χ2n) is 0.473. The van der Waals surface area contributed by atoms with Crippen LogP contribution < -0.4 is 0 Å². The summed E-state index contributed by atoms with van der Waals surface area (Å²) in [6.07, 6.45) is 0. The summed E-state index contributed by atoms with van der Waals surface area (Å²) in [4.78, 5) is 13.9. The molecule has 0 fully saturated rings. The van der Waals surface area contributed by atoms with Crippen molar-refractivity contribution < 1.29 is 44.8 Å². The van der Waals surface area contributed by atoms with Crippen LogP contribution in [-0.2, 0) is 30.8 Å². The number of halogens is 1. The molecule has 0 atom stereocenters. The zero-order chi connectivity index (χ0) is 4.50. The van der Waals surface area contributed by atoms with Gasteiger partial charge in [0.2, 0.25) is 0 Å². The van der Waals surface area contributed by atoms with E-state index >= 15 is 0 Å². The Morgan fingerprint density at radius 3 is 1.50 bits per heavy atom. The minimum Gasteiger partial charge on any atom is -0.299 e. The molecule has 36 valence electrons. The molecule has 0 aliphatic carbocycles. The van der Waals surface area contributed by atoms with Gasteiger partial charge in [0.15, 0.2) is 0 Å². The van der Waals surface area contributed by atoms with Gasteiger partial charge in [-0.2, -0.15) is 0 Å². The third kappa shape index (κ3) is 84.0. The molecule has 0 bridgehead atoms. The number of rotatable bonds is 0. The predicted molar refractivity (Wildman–Crippen MR) is 13.2 cm³/mol. The van der Waals surface area contributed by atoms with Crippen molar-refractivity contribution in [2.75, 3.05) is 0 Å². The van der Waals surface area contributed by atoms with Gasteiger partial charge < -0.3 is 0 Å². The van der Waals surface area contributed by atoms with E-state index in [0.29, 0.717) is 0 Å². The molecule has 0 aliphatic heterocycles. The zero-order valence-corrected chi connectivity index (χ0v) is 5.98. The average molecular weight is 191 g/mol. The summed E-state index contributed by atoms with van der Waals surface area (Å²) in [5.74, 6) is 0. The van der Waals surface area contributed by atoms with Crippen LogP contribution in [0, 0.1) is 0 Å². The van der Waals surface area contributed by atoms with E-state index in [1.807, 2.05) is 0 Å². The van der Waals surface area contributed by atoms with Crippen LogP contribution in [0.25, 0.3) is 0 Å². The fourth-order valence-electron chi connectivity index (χ4n) is 0. The molecule has 3 nitrogen and oxygen atoms in total. The van der Waals surface area contributed by atoms with Crippen molar-refractivity contribution in [3.63, 3.8) is 0 Å². The molecule has 0 amide bonds. The van der Waals surface area contributed by atoms with E-state index in [9.17, 15) is 4.20 Å². The van der Waals surface area contributed by atoms with Gasteiger partial charge in [-0.05, 0) is 0 Å². The molecule has 0 unspecified atom stereocenters. The molecule has 0 saturated heterocycles. The third-order valence-electron chi connectivity index (χ3n) is 0. The molecule has 6 heteroatoms. The Bertz CT molecular complexity index is 56.9. The quantitative estimate of drug-likeness (QED) is 0.532. The van der Waals surface area contributed by atoms with Crippen LogP contribution in [0.1, 0.15) is 0 Å². The van der Waals surface area contributed by atoms with Crippen molar-refractivity contribution in [2.24, 2.45) is 0 Å². The Hall–Kier alpha value is 0.963. The number of hydrogen-bond acceptors (Lipinski definition) is 1. The van der Waals surface area contributed by atoms with Crippen LogP contribution in [0.2, 0.25) is 0 Å². The molecule has 0 saturated carbocycles. The third-order valence-corrected chi connectivity index (χ3v) is 0. The molecule has 0 spiro atoms. The Morgan fingerprint density at radius 2 is 1.50 bits per heavy atom. The van der Waals surface area contributed by atoms with Crippen molar-refractivity contribution >= 4 is 7.91 Å². The van der Waals surface area contributed by atoms with Crippen LogP contribution >= 0.6 is 7.91 Å². The maximum atomic E-state index is 10.4. The fourth-order valence-corrected chi connectivity index (χ4v) is 0. The van der Waals surface area contributed by atoms with Crippen molar-refractivity contribution in [2.45, 2.75) is 0 Å². The smallest absolute Gasteiger partial charge is 0.299 e. The molecule has 6 heavy (non-hydrogen) atoms. The molecule has 0 aromatic carbocycles. The van der Waals surface area contributed by atoms with Gasteiger partial charge in [0.25, 0.3) is 0 Å². The maximum absolute atomic E-state index is 10.4. The second-order valence-corrected chi connectivity index (χ2v) is 1.42. The van der Waals surface area contributed by atoms with Crippen LogP contribution in [0.4, 0.5) is 4.20 Å². The Morgan fingerprint density at radius 1 is 1.50 bits per heavy atom. The molecule has 0 aliphatic rings. The Balaban J connectivity index is 0. The summed E-state index contributed by atoms with van der Waals surface area (Å²) in [5, 5.41) is 0. The molecule has 2 N–H and O–H groups in total. The summed E-state index contributed by atoms with van der Waals surface area (Å²) in [5.41, 5.74) is 0. The summed E-state index contributed by atoms with van der Waals surface area (Å²) < 4.78 is 19.0. The molecule has 0 radical (unpaired) electrons. The summed E-state index contributed by atoms with van der Waals surface area (Å²) in [6.45, 7) is 0. The topological polar surface area (TPSA) is 57.5 Å². The summed E-state index contributed by atoms with van der Waals surface area (Å²) in [6, 6.07) is 0. The van der Waals surface area contributed by atoms with Crippen molar-refractivity contribution in [1.82, 2.24) is 0 Å². The molecular weight excluding hydrogens is 189 g/mol. The molecule has 0 heterocycles. The first kappa shape index (κ1) is 10.1. The van der Waals surface area contributed by atoms with Gasteiger partial charge in [-0.25, -0.2) is 4.57 Å². The van der Waals surface area contributed by atoms with E-state index < -0.39 is 7.91 Å². The van der Waals surface area contributed by atoms with Gasteiger partial charge >= 0.3 is 7.91 Å². The maximum Gasteiger partial charge on any atom is 0.507 e. The van der Waals surface area contributed by atoms with Crippen molar-refractivity contribution in [3.8, 4) is 0 Å². The van der Waals surface area contributed by atoms with Crippen LogP contribution in [0.15, 0.2) is 0 Å². The minimum absolute atomic E-state index is 0. The predicted octanol–water partition coefficient (Wildman–Crippen LogP) is 0.0461. The summed E-state index contributed by atoms with van der Waals surface area (Å²) >= 11 is 0. The van der Waals surface area contributed by atoms with Crippen molar-refractivity contribution in [3.05, 3.63) is 0 Å². The molecule has 0 aromatic rings. The van der Waals surface area contributed by atoms with E-state index in [4.69, 9.17) is 14.4 Å². The van der Waals surface area contributed by atoms with Gasteiger partial charge in [0.1, 0.15) is 0 Å². The van der Waals surface area contributed by atoms with E-state index in [1.165, 1.54) is 0 Å². The van der Waals surface area contributed by atoms with Gasteiger partial charge in [0.05, 0.1) is 0 Å². The minimum atomic E-state index is -5.14. The van der Waals surface area contributed by atoms with E-state index in [2.05, 4.69) is 0 Å². The molecular formula is H2FO3PZr. The fraction of sp³-hybridized carbons (Fsp3) is 0. The van der Waals surface area contributed by atoms with Gasteiger partial charge in [-0.3, -0.25) is 9.79 Å². The Kier molecular flexibility index (Phi) is 5.08. The van der Waals surface area contributed by atoms with Crippen LogP contribution in [0.3, 0.4) is 0 Å². The largest absolute Gasteiger partial charge is 0.507 e. The van der Waals surface area contributed by atoms with Gasteiger partial charge in [-0.1, -0.05) is 0 Å². The summed E-state index contributed by atoms with van der Waals surface area (Å²) in [7, 11) is -5.14. The zero-order valence-electron chi connectivity index (χ0n) is 2.63. The normalized spacial score (nSPS) is 9.83. The molecule has 0 rings (SSSR count). The number of hydrogen-bond donors (Lipinski definition) is 2. The average Bonchev–Trinajstić information content (AvgIpc) is 0.722. The first-order valence-corrected chi connectivity index (χ1v) is 2.25. The monoisotopic (exact) mass is 190 g/mol. The first-order valence-electron chi connectivity index (χ1n) is 0.752. The second kappa shape index (κ2) is 3.03. The van der Waals surface area contributed by atoms with E-state index in [1.54, 1.807) is 0 Å². The standard InChI is InChI=1S/FH2O3P.Zr/c1-5(2,3)4;/h(H2,2,3,4);. The van der Waals surface area contributed by atoms with Crippen molar-refractivity contribution in [1.29, 1.82) is 0 Å². The van der Waals surface area contributed by atoms with E-state index in [0.717, 1.165) is 0 Å². The molecule has 0 aromatic heterocycles. The van der Waals surface area contributed by atoms with E-state index in [-0.39, 0.29) is 26.2 Å². The first-order chi connectivity index (χ1) is 2.00. The van der Waals surface area contributed by atoms with Gasteiger partial charge in [0, 0.05) is 26.2 Å². The SMILES string of the molecule is O=P(O)(O)F.[Zr]. The van der Waals surface area contributed by atoms with Gasteiger partial charge in [-0.15, -0.1) is 4.20 Å². The van der Waals surface area contributed by atoms with Crippen LogP contribution in [-0.4, -0.2) is 9.79 Å². The Labute approximate surface area is 53.0 Å². The van der Waals surface area contributed by atoms with Crippen LogP contribution in [0.5, 0.6) is 0 Å².